The summed E-state index contributed by atoms with van der Waals surface area (Å²) >= 11 is 17.7. The standard InChI is InChI=1S/C26H22Cl3F3N2O/c1-15-12-16(7-9-18(15)24(35)34-25(2,3)22-6-4-5-11-33-22)8-10-19(26(30,31)32)17-13-20(27)23(29)21(28)14-17/h4-14,19H,1-3H3,(H,34,35). The maximum atomic E-state index is 13.8. The summed E-state index contributed by atoms with van der Waals surface area (Å²) in [6.07, 6.45) is -0.561. The van der Waals surface area contributed by atoms with Gasteiger partial charge >= 0.3 is 6.18 Å². The number of pyridine rings is 1. The van der Waals surface area contributed by atoms with Gasteiger partial charge in [0.2, 0.25) is 0 Å². The van der Waals surface area contributed by atoms with Crippen molar-refractivity contribution in [3.05, 3.63) is 104 Å². The SMILES string of the molecule is Cc1cc(C=CC(c2cc(Cl)c(Cl)c(Cl)c2)C(F)(F)F)ccc1C(=O)NC(C)(C)c1ccccn1. The second-order valence-corrected chi connectivity index (χ2v) is 9.74. The third-order valence-electron chi connectivity index (χ3n) is 5.43. The predicted octanol–water partition coefficient (Wildman–Crippen LogP) is 8.37. The first-order valence-electron chi connectivity index (χ1n) is 10.5. The number of alkyl halides is 3. The molecule has 0 bridgehead atoms. The number of rotatable bonds is 6. The van der Waals surface area contributed by atoms with Crippen LogP contribution in [0.2, 0.25) is 15.1 Å². The van der Waals surface area contributed by atoms with Crippen molar-refractivity contribution >= 4 is 46.8 Å². The third kappa shape index (κ3) is 6.57. The number of carbonyl (C=O) groups excluding carboxylic acids is 1. The van der Waals surface area contributed by atoms with Crippen LogP contribution in [0.25, 0.3) is 6.08 Å². The summed E-state index contributed by atoms with van der Waals surface area (Å²) in [4.78, 5) is 17.2. The first kappa shape index (κ1) is 27.1. The first-order chi connectivity index (χ1) is 16.3. The lowest BCUT2D eigenvalue weighted by Crippen LogP contribution is -2.41. The molecule has 1 amide bonds. The molecule has 1 N–H and O–H groups in total. The third-order valence-corrected chi connectivity index (χ3v) is 6.62. The molecule has 3 nitrogen and oxygen atoms in total. The van der Waals surface area contributed by atoms with E-state index < -0.39 is 17.6 Å². The van der Waals surface area contributed by atoms with Gasteiger partial charge in [-0.15, -0.1) is 0 Å². The van der Waals surface area contributed by atoms with Crippen LogP contribution in [-0.4, -0.2) is 17.1 Å². The Hall–Kier alpha value is -2.54. The molecule has 0 saturated heterocycles. The van der Waals surface area contributed by atoms with Crippen molar-refractivity contribution in [2.75, 3.05) is 0 Å². The van der Waals surface area contributed by atoms with Crippen molar-refractivity contribution in [1.29, 1.82) is 0 Å². The van der Waals surface area contributed by atoms with E-state index in [4.69, 9.17) is 34.8 Å². The molecule has 3 rings (SSSR count). The number of aromatic nitrogens is 1. The van der Waals surface area contributed by atoms with E-state index in [0.717, 1.165) is 18.2 Å². The molecule has 0 aliphatic rings. The van der Waals surface area contributed by atoms with Gasteiger partial charge in [-0.05, 0) is 67.8 Å². The van der Waals surface area contributed by atoms with Gasteiger partial charge in [0, 0.05) is 11.8 Å². The summed E-state index contributed by atoms with van der Waals surface area (Å²) in [5.41, 5.74) is 1.38. The Morgan fingerprint density at radius 1 is 1.03 bits per heavy atom. The lowest BCUT2D eigenvalue weighted by Gasteiger charge is -2.26. The molecule has 2 aromatic carbocycles. The summed E-state index contributed by atoms with van der Waals surface area (Å²) in [6, 6.07) is 12.6. The topological polar surface area (TPSA) is 42.0 Å². The Bertz CT molecular complexity index is 1240. The molecule has 184 valence electrons. The number of amides is 1. The lowest BCUT2D eigenvalue weighted by atomic mass is 9.95. The minimum atomic E-state index is -4.58. The van der Waals surface area contributed by atoms with Crippen molar-refractivity contribution < 1.29 is 18.0 Å². The Labute approximate surface area is 216 Å². The summed E-state index contributed by atoms with van der Waals surface area (Å²) in [6.45, 7) is 5.40. The van der Waals surface area contributed by atoms with Gasteiger partial charge in [-0.25, -0.2) is 0 Å². The molecule has 35 heavy (non-hydrogen) atoms. The number of carbonyl (C=O) groups is 1. The molecular weight excluding hydrogens is 520 g/mol. The van der Waals surface area contributed by atoms with E-state index in [9.17, 15) is 18.0 Å². The molecule has 0 radical (unpaired) electrons. The molecule has 0 fully saturated rings. The van der Waals surface area contributed by atoms with Gasteiger partial charge in [0.05, 0.1) is 32.2 Å². The second-order valence-electron chi connectivity index (χ2n) is 8.55. The summed E-state index contributed by atoms with van der Waals surface area (Å²) in [7, 11) is 0. The van der Waals surface area contributed by atoms with Gasteiger partial charge in [0.25, 0.3) is 5.91 Å². The highest BCUT2D eigenvalue weighted by molar-refractivity contribution is 6.48. The molecule has 0 saturated carbocycles. The largest absolute Gasteiger partial charge is 0.399 e. The number of nitrogens with one attached hydrogen (secondary N) is 1. The molecular formula is C26H22Cl3F3N2O. The quantitative estimate of drug-likeness (QED) is 0.319. The van der Waals surface area contributed by atoms with Crippen LogP contribution >= 0.6 is 34.8 Å². The predicted molar refractivity (Wildman–Crippen MR) is 135 cm³/mol. The van der Waals surface area contributed by atoms with Crippen LogP contribution in [0.4, 0.5) is 13.2 Å². The van der Waals surface area contributed by atoms with Gasteiger partial charge < -0.3 is 5.32 Å². The highest BCUT2D eigenvalue weighted by atomic mass is 35.5. The van der Waals surface area contributed by atoms with Crippen molar-refractivity contribution in [3.63, 3.8) is 0 Å². The molecule has 1 atom stereocenters. The summed E-state index contributed by atoms with van der Waals surface area (Å²) < 4.78 is 41.4. The van der Waals surface area contributed by atoms with Crippen LogP contribution < -0.4 is 5.32 Å². The van der Waals surface area contributed by atoms with Crippen LogP contribution in [0.5, 0.6) is 0 Å². The molecule has 3 aromatic rings. The van der Waals surface area contributed by atoms with Crippen molar-refractivity contribution in [3.8, 4) is 0 Å². The van der Waals surface area contributed by atoms with Crippen LogP contribution in [-0.2, 0) is 5.54 Å². The zero-order chi connectivity index (χ0) is 26.0. The Morgan fingerprint density at radius 3 is 2.23 bits per heavy atom. The Balaban J connectivity index is 1.84. The maximum Gasteiger partial charge on any atom is 0.399 e. The van der Waals surface area contributed by atoms with Gasteiger partial charge in [-0.1, -0.05) is 65.2 Å². The van der Waals surface area contributed by atoms with Crippen LogP contribution in [0.15, 0.2) is 60.8 Å². The van der Waals surface area contributed by atoms with Gasteiger partial charge in [-0.3, -0.25) is 9.78 Å². The van der Waals surface area contributed by atoms with Gasteiger partial charge in [0.15, 0.2) is 0 Å². The number of allylic oxidation sites excluding steroid dienone is 1. The van der Waals surface area contributed by atoms with Crippen LogP contribution in [0, 0.1) is 6.92 Å². The molecule has 1 heterocycles. The van der Waals surface area contributed by atoms with Crippen molar-refractivity contribution in [1.82, 2.24) is 10.3 Å². The van der Waals surface area contributed by atoms with E-state index in [1.165, 1.54) is 6.08 Å². The van der Waals surface area contributed by atoms with Crippen molar-refractivity contribution in [2.45, 2.75) is 38.4 Å². The molecule has 0 aliphatic heterocycles. The fourth-order valence-electron chi connectivity index (χ4n) is 3.56. The van der Waals surface area contributed by atoms with E-state index in [2.05, 4.69) is 10.3 Å². The number of hydrogen-bond donors (Lipinski definition) is 1. The number of nitrogens with zero attached hydrogens (tertiary/aromatic N) is 1. The van der Waals surface area contributed by atoms with E-state index in [-0.39, 0.29) is 26.5 Å². The Morgan fingerprint density at radius 2 is 1.69 bits per heavy atom. The number of aryl methyl sites for hydroxylation is 1. The highest BCUT2D eigenvalue weighted by Crippen LogP contribution is 2.41. The first-order valence-corrected chi connectivity index (χ1v) is 11.7. The average molecular weight is 542 g/mol. The lowest BCUT2D eigenvalue weighted by molar-refractivity contribution is -0.139. The van der Waals surface area contributed by atoms with E-state index in [0.29, 0.717) is 22.4 Å². The molecule has 0 spiro atoms. The normalized spacial score (nSPS) is 13.2. The molecule has 0 aliphatic carbocycles. The Kier molecular flexibility index (Phi) is 8.20. The maximum absolute atomic E-state index is 13.8. The van der Waals surface area contributed by atoms with Crippen LogP contribution in [0.3, 0.4) is 0 Å². The molecule has 1 unspecified atom stereocenters. The van der Waals surface area contributed by atoms with E-state index >= 15 is 0 Å². The van der Waals surface area contributed by atoms with Gasteiger partial charge in [0.1, 0.15) is 0 Å². The zero-order valence-corrected chi connectivity index (χ0v) is 21.3. The molecule has 9 heteroatoms. The van der Waals surface area contributed by atoms with E-state index in [1.807, 2.05) is 26.0 Å². The smallest absolute Gasteiger partial charge is 0.342 e. The summed E-state index contributed by atoms with van der Waals surface area (Å²) in [5, 5.41) is 2.83. The number of benzene rings is 2. The minimum Gasteiger partial charge on any atom is -0.342 e. The minimum absolute atomic E-state index is 0.00213. The number of halogens is 6. The van der Waals surface area contributed by atoms with E-state index in [1.54, 1.807) is 37.4 Å². The van der Waals surface area contributed by atoms with Crippen molar-refractivity contribution in [2.24, 2.45) is 0 Å². The fraction of sp³-hybridized carbons (Fsp3) is 0.231. The average Bonchev–Trinajstić information content (AvgIpc) is 2.77. The molecule has 1 aromatic heterocycles. The highest BCUT2D eigenvalue weighted by Gasteiger charge is 2.39. The monoisotopic (exact) mass is 540 g/mol. The number of hydrogen-bond acceptors (Lipinski definition) is 2. The van der Waals surface area contributed by atoms with Crippen LogP contribution in [0.1, 0.15) is 52.5 Å². The fourth-order valence-corrected chi connectivity index (χ4v) is 4.18. The zero-order valence-electron chi connectivity index (χ0n) is 19.1. The second kappa shape index (κ2) is 10.6. The van der Waals surface area contributed by atoms with Gasteiger partial charge in [-0.2, -0.15) is 13.2 Å². The summed E-state index contributed by atoms with van der Waals surface area (Å²) in [5.74, 6) is -2.26.